The molecule has 0 amide bonds. The molecule has 0 fully saturated rings. The van der Waals surface area contributed by atoms with Crippen molar-refractivity contribution < 1.29 is 4.39 Å². The zero-order valence-corrected chi connectivity index (χ0v) is 12.4. The zero-order valence-electron chi connectivity index (χ0n) is 12.4. The van der Waals surface area contributed by atoms with Gasteiger partial charge in [0, 0.05) is 19.3 Å². The third-order valence-electron chi connectivity index (χ3n) is 3.89. The molecule has 0 radical (unpaired) electrons. The molecule has 3 heteroatoms. The minimum atomic E-state index is -0.178. The quantitative estimate of drug-likeness (QED) is 0.769. The van der Waals surface area contributed by atoms with E-state index in [0.29, 0.717) is 6.54 Å². The third kappa shape index (κ3) is 2.69. The molecule has 0 unspecified atom stereocenters. The maximum absolute atomic E-state index is 13.5. The van der Waals surface area contributed by atoms with Gasteiger partial charge < -0.3 is 9.88 Å². The predicted octanol–water partition coefficient (Wildman–Crippen LogP) is 3.86. The molecule has 0 saturated carbocycles. The van der Waals surface area contributed by atoms with Crippen LogP contribution in [0.1, 0.15) is 16.7 Å². The fraction of sp³-hybridized carbons (Fsp3) is 0.222. The number of para-hydroxylation sites is 1. The Balaban J connectivity index is 2.06. The molecular formula is C18H19FN2. The smallest absolute Gasteiger partial charge is 0.123 e. The van der Waals surface area contributed by atoms with Crippen LogP contribution in [-0.4, -0.2) is 11.6 Å². The molecule has 3 rings (SSSR count). The molecule has 0 aliphatic carbocycles. The summed E-state index contributed by atoms with van der Waals surface area (Å²) in [6.07, 6.45) is 2.08. The van der Waals surface area contributed by atoms with Gasteiger partial charge in [0.1, 0.15) is 5.82 Å². The van der Waals surface area contributed by atoms with Gasteiger partial charge in [-0.1, -0.05) is 24.3 Å². The summed E-state index contributed by atoms with van der Waals surface area (Å²) in [6.45, 7) is 3.53. The van der Waals surface area contributed by atoms with Crippen molar-refractivity contribution in [3.05, 3.63) is 71.2 Å². The van der Waals surface area contributed by atoms with Crippen molar-refractivity contribution in [1.82, 2.24) is 9.88 Å². The van der Waals surface area contributed by atoms with Crippen LogP contribution < -0.4 is 5.32 Å². The lowest BCUT2D eigenvalue weighted by Crippen LogP contribution is -2.08. The highest BCUT2D eigenvalue weighted by Gasteiger charge is 2.08. The number of fused-ring (bicyclic) bond motifs is 1. The van der Waals surface area contributed by atoms with E-state index in [4.69, 9.17) is 0 Å². The summed E-state index contributed by atoms with van der Waals surface area (Å²) >= 11 is 0. The summed E-state index contributed by atoms with van der Waals surface area (Å²) in [6, 6.07) is 13.4. The monoisotopic (exact) mass is 282 g/mol. The molecule has 0 aliphatic rings. The van der Waals surface area contributed by atoms with E-state index in [1.165, 1.54) is 22.5 Å². The fourth-order valence-corrected chi connectivity index (χ4v) is 2.80. The van der Waals surface area contributed by atoms with Crippen molar-refractivity contribution in [2.45, 2.75) is 20.0 Å². The predicted molar refractivity (Wildman–Crippen MR) is 84.9 cm³/mol. The number of halogens is 1. The molecule has 0 atom stereocenters. The van der Waals surface area contributed by atoms with Gasteiger partial charge in [0.25, 0.3) is 0 Å². The van der Waals surface area contributed by atoms with E-state index in [1.54, 1.807) is 6.07 Å². The zero-order chi connectivity index (χ0) is 14.8. The van der Waals surface area contributed by atoms with Crippen molar-refractivity contribution in [3.63, 3.8) is 0 Å². The van der Waals surface area contributed by atoms with Crippen LogP contribution in [0.15, 0.2) is 48.7 Å². The average Bonchev–Trinajstić information content (AvgIpc) is 2.88. The van der Waals surface area contributed by atoms with Crippen LogP contribution in [-0.2, 0) is 13.1 Å². The van der Waals surface area contributed by atoms with Crippen molar-refractivity contribution in [1.29, 1.82) is 0 Å². The van der Waals surface area contributed by atoms with Gasteiger partial charge in [-0.15, -0.1) is 0 Å². The molecular weight excluding hydrogens is 263 g/mol. The number of hydrogen-bond acceptors (Lipinski definition) is 1. The fourth-order valence-electron chi connectivity index (χ4n) is 2.80. The van der Waals surface area contributed by atoms with Crippen molar-refractivity contribution >= 4 is 10.9 Å². The Hall–Kier alpha value is -2.13. The van der Waals surface area contributed by atoms with E-state index in [2.05, 4.69) is 40.3 Å². The molecule has 21 heavy (non-hydrogen) atoms. The van der Waals surface area contributed by atoms with Crippen molar-refractivity contribution in [2.24, 2.45) is 0 Å². The van der Waals surface area contributed by atoms with Crippen LogP contribution in [0.2, 0.25) is 0 Å². The molecule has 0 spiro atoms. The lowest BCUT2D eigenvalue weighted by Gasteiger charge is -2.12. The lowest BCUT2D eigenvalue weighted by molar-refractivity contribution is 0.623. The van der Waals surface area contributed by atoms with E-state index in [1.807, 2.05) is 20.0 Å². The Morgan fingerprint density at radius 3 is 2.76 bits per heavy atom. The van der Waals surface area contributed by atoms with E-state index in [-0.39, 0.29) is 5.82 Å². The SMILES string of the molecule is CNCc1cccc2ccn(Cc3cc(F)ccc3C)c12. The molecule has 0 bridgehead atoms. The number of aryl methyl sites for hydroxylation is 1. The first-order valence-corrected chi connectivity index (χ1v) is 7.15. The molecule has 0 saturated heterocycles. The number of nitrogens with one attached hydrogen (secondary N) is 1. The van der Waals surface area contributed by atoms with Crippen molar-refractivity contribution in [2.75, 3.05) is 7.05 Å². The first kappa shape index (κ1) is 13.8. The van der Waals surface area contributed by atoms with E-state index >= 15 is 0 Å². The molecule has 2 nitrogen and oxygen atoms in total. The van der Waals surface area contributed by atoms with E-state index < -0.39 is 0 Å². The van der Waals surface area contributed by atoms with Gasteiger partial charge in [-0.25, -0.2) is 4.39 Å². The number of aromatic nitrogens is 1. The molecule has 2 aromatic carbocycles. The number of rotatable bonds is 4. The number of benzene rings is 2. The largest absolute Gasteiger partial charge is 0.343 e. The van der Waals surface area contributed by atoms with Gasteiger partial charge in [-0.05, 0) is 54.2 Å². The molecule has 1 N–H and O–H groups in total. The Morgan fingerprint density at radius 1 is 1.10 bits per heavy atom. The highest BCUT2D eigenvalue weighted by Crippen LogP contribution is 2.22. The molecule has 108 valence electrons. The second-order valence-electron chi connectivity index (χ2n) is 5.40. The van der Waals surface area contributed by atoms with E-state index in [0.717, 1.165) is 17.7 Å². The highest BCUT2D eigenvalue weighted by molar-refractivity contribution is 5.83. The normalized spacial score (nSPS) is 11.2. The first-order valence-electron chi connectivity index (χ1n) is 7.15. The summed E-state index contributed by atoms with van der Waals surface area (Å²) in [4.78, 5) is 0. The Morgan fingerprint density at radius 2 is 1.95 bits per heavy atom. The van der Waals surface area contributed by atoms with Gasteiger partial charge in [0.05, 0.1) is 5.52 Å². The van der Waals surface area contributed by atoms with Gasteiger partial charge >= 0.3 is 0 Å². The van der Waals surface area contributed by atoms with Crippen LogP contribution in [0.4, 0.5) is 4.39 Å². The summed E-state index contributed by atoms with van der Waals surface area (Å²) in [5.74, 6) is -0.178. The second kappa shape index (κ2) is 5.70. The second-order valence-corrected chi connectivity index (χ2v) is 5.40. The summed E-state index contributed by atoms with van der Waals surface area (Å²) in [7, 11) is 1.95. The first-order chi connectivity index (χ1) is 10.2. The van der Waals surface area contributed by atoms with Gasteiger partial charge in [0.15, 0.2) is 0 Å². The maximum Gasteiger partial charge on any atom is 0.123 e. The third-order valence-corrected chi connectivity index (χ3v) is 3.89. The van der Waals surface area contributed by atoms with Crippen molar-refractivity contribution in [3.8, 4) is 0 Å². The molecule has 3 aromatic rings. The molecule has 1 heterocycles. The topological polar surface area (TPSA) is 17.0 Å². The Kier molecular flexibility index (Phi) is 3.76. The van der Waals surface area contributed by atoms with Crippen LogP contribution in [0.25, 0.3) is 10.9 Å². The van der Waals surface area contributed by atoms with Crippen LogP contribution in [0.3, 0.4) is 0 Å². The van der Waals surface area contributed by atoms with Gasteiger partial charge in [-0.3, -0.25) is 0 Å². The lowest BCUT2D eigenvalue weighted by atomic mass is 10.1. The minimum absolute atomic E-state index is 0.178. The number of nitrogens with zero attached hydrogens (tertiary/aromatic N) is 1. The Labute approximate surface area is 124 Å². The average molecular weight is 282 g/mol. The highest BCUT2D eigenvalue weighted by atomic mass is 19.1. The van der Waals surface area contributed by atoms with Crippen LogP contribution in [0, 0.1) is 12.7 Å². The minimum Gasteiger partial charge on any atom is -0.343 e. The standard InChI is InChI=1S/C18H19FN2/c1-13-6-7-17(19)10-16(13)12-21-9-8-14-4-3-5-15(11-20-2)18(14)21/h3-10,20H,11-12H2,1-2H3. The Bertz CT molecular complexity index is 774. The van der Waals surface area contributed by atoms with E-state index in [9.17, 15) is 4.39 Å². The van der Waals surface area contributed by atoms with Crippen LogP contribution >= 0.6 is 0 Å². The van der Waals surface area contributed by atoms with Gasteiger partial charge in [-0.2, -0.15) is 0 Å². The summed E-state index contributed by atoms with van der Waals surface area (Å²) < 4.78 is 15.7. The molecule has 1 aromatic heterocycles. The van der Waals surface area contributed by atoms with Gasteiger partial charge in [0.2, 0.25) is 0 Å². The molecule has 0 aliphatic heterocycles. The summed E-state index contributed by atoms with van der Waals surface area (Å²) in [5.41, 5.74) is 4.61. The number of hydrogen-bond donors (Lipinski definition) is 1. The van der Waals surface area contributed by atoms with Crippen LogP contribution in [0.5, 0.6) is 0 Å². The maximum atomic E-state index is 13.5. The summed E-state index contributed by atoms with van der Waals surface area (Å²) in [5, 5.41) is 4.42.